The Morgan fingerprint density at radius 3 is 2.56 bits per heavy atom. The van der Waals surface area contributed by atoms with Crippen molar-refractivity contribution < 1.29 is 27.9 Å². The molecule has 0 saturated carbocycles. The molecule has 0 aromatic rings. The smallest absolute Gasteiger partial charge is 0.407 e. The molecule has 1 fully saturated rings. The van der Waals surface area contributed by atoms with Gasteiger partial charge in [0, 0.05) is 12.7 Å². The maximum atomic E-state index is 11.4. The first kappa shape index (κ1) is 12.8. The molecule has 0 aromatic heterocycles. The maximum absolute atomic E-state index is 11.4. The standard InChI is InChI=1S/C8H13NO6S/c1-8(6(10)11,16(2,13)14)3-5-4-9-7(12)15-5/h5H,3-4H2,1-2H3,(H,9,12)(H,10,11)/t5-,8+/m0/s1. The molecule has 0 radical (unpaired) electrons. The van der Waals surface area contributed by atoms with Gasteiger partial charge in [0.15, 0.2) is 14.6 Å². The summed E-state index contributed by atoms with van der Waals surface area (Å²) in [7, 11) is -3.79. The number of alkyl carbamates (subject to hydrolysis) is 1. The van der Waals surface area contributed by atoms with Crippen LogP contribution in [-0.4, -0.2) is 49.2 Å². The first-order valence-electron chi connectivity index (χ1n) is 4.54. The minimum absolute atomic E-state index is 0.122. The Labute approximate surface area is 92.7 Å². The molecule has 1 heterocycles. The van der Waals surface area contributed by atoms with E-state index >= 15 is 0 Å². The van der Waals surface area contributed by atoms with Crippen molar-refractivity contribution in [3.05, 3.63) is 0 Å². The lowest BCUT2D eigenvalue weighted by Crippen LogP contribution is -2.46. The van der Waals surface area contributed by atoms with E-state index in [4.69, 9.17) is 9.84 Å². The predicted octanol–water partition coefficient (Wildman–Crippen LogP) is -0.627. The number of amides is 1. The van der Waals surface area contributed by atoms with Gasteiger partial charge in [0.05, 0.1) is 6.54 Å². The van der Waals surface area contributed by atoms with Crippen molar-refractivity contribution in [2.24, 2.45) is 0 Å². The number of carbonyl (C=O) groups excluding carboxylic acids is 1. The second-order valence-corrected chi connectivity index (χ2v) is 6.37. The minimum Gasteiger partial charge on any atom is -0.480 e. The summed E-state index contributed by atoms with van der Waals surface area (Å²) in [6.07, 6.45) is -0.805. The van der Waals surface area contributed by atoms with E-state index in [0.29, 0.717) is 0 Å². The van der Waals surface area contributed by atoms with Crippen LogP contribution in [0.1, 0.15) is 13.3 Å². The molecule has 2 N–H and O–H groups in total. The summed E-state index contributed by atoms with van der Waals surface area (Å²) < 4.78 is 25.6. The van der Waals surface area contributed by atoms with E-state index in [0.717, 1.165) is 13.2 Å². The van der Waals surface area contributed by atoms with Crippen molar-refractivity contribution in [1.82, 2.24) is 5.32 Å². The van der Waals surface area contributed by atoms with Gasteiger partial charge >= 0.3 is 12.1 Å². The number of cyclic esters (lactones) is 1. The van der Waals surface area contributed by atoms with Crippen molar-refractivity contribution in [3.8, 4) is 0 Å². The van der Waals surface area contributed by atoms with Gasteiger partial charge in [-0.25, -0.2) is 13.2 Å². The number of sulfone groups is 1. The second kappa shape index (κ2) is 3.93. The molecule has 1 aliphatic heterocycles. The highest BCUT2D eigenvalue weighted by molar-refractivity contribution is 7.92. The van der Waals surface area contributed by atoms with Crippen LogP contribution in [0.2, 0.25) is 0 Å². The van der Waals surface area contributed by atoms with Gasteiger partial charge < -0.3 is 15.2 Å². The SMILES string of the molecule is C[C@@](C[C@H]1CNC(=O)O1)(C(=O)O)S(C)(=O)=O. The van der Waals surface area contributed by atoms with Crippen LogP contribution in [-0.2, 0) is 19.4 Å². The van der Waals surface area contributed by atoms with Crippen molar-refractivity contribution in [2.75, 3.05) is 12.8 Å². The zero-order valence-electron chi connectivity index (χ0n) is 8.89. The van der Waals surface area contributed by atoms with Gasteiger partial charge in [-0.05, 0) is 6.92 Å². The molecule has 0 unspecified atom stereocenters. The lowest BCUT2D eigenvalue weighted by atomic mass is 10.0. The van der Waals surface area contributed by atoms with Crippen molar-refractivity contribution >= 4 is 21.9 Å². The van der Waals surface area contributed by atoms with E-state index < -0.39 is 32.8 Å². The van der Waals surface area contributed by atoms with Gasteiger partial charge in [0.2, 0.25) is 0 Å². The summed E-state index contributed by atoms with van der Waals surface area (Å²) in [5, 5.41) is 11.3. The molecule has 92 valence electrons. The highest BCUT2D eigenvalue weighted by atomic mass is 32.2. The third-order valence-corrected chi connectivity index (χ3v) is 4.61. The van der Waals surface area contributed by atoms with E-state index in [1.165, 1.54) is 0 Å². The van der Waals surface area contributed by atoms with Gasteiger partial charge in [-0.3, -0.25) is 4.79 Å². The van der Waals surface area contributed by atoms with Gasteiger partial charge in [-0.15, -0.1) is 0 Å². The average Bonchev–Trinajstić information content (AvgIpc) is 2.48. The molecule has 1 saturated heterocycles. The van der Waals surface area contributed by atoms with E-state index in [2.05, 4.69) is 5.32 Å². The quantitative estimate of drug-likeness (QED) is 0.688. The third kappa shape index (κ3) is 2.26. The maximum Gasteiger partial charge on any atom is 0.407 e. The summed E-state index contributed by atoms with van der Waals surface area (Å²) >= 11 is 0. The Hall–Kier alpha value is -1.31. The number of aliphatic carboxylic acids is 1. The molecule has 8 heteroatoms. The lowest BCUT2D eigenvalue weighted by molar-refractivity contribution is -0.140. The Balaban J connectivity index is 2.89. The molecular weight excluding hydrogens is 238 g/mol. The van der Waals surface area contributed by atoms with Crippen LogP contribution in [0, 0.1) is 0 Å². The highest BCUT2D eigenvalue weighted by Gasteiger charge is 2.47. The van der Waals surface area contributed by atoms with Gasteiger partial charge in [0.1, 0.15) is 6.10 Å². The van der Waals surface area contributed by atoms with Gasteiger partial charge in [-0.2, -0.15) is 0 Å². The normalized spacial score (nSPS) is 24.4. The molecule has 1 amide bonds. The average molecular weight is 251 g/mol. The second-order valence-electron chi connectivity index (χ2n) is 3.92. The number of nitrogens with one attached hydrogen (secondary N) is 1. The molecule has 2 atom stereocenters. The summed E-state index contributed by atoms with van der Waals surface area (Å²) in [6, 6.07) is 0. The van der Waals surface area contributed by atoms with Crippen molar-refractivity contribution in [3.63, 3.8) is 0 Å². The fraction of sp³-hybridized carbons (Fsp3) is 0.750. The van der Waals surface area contributed by atoms with Crippen molar-refractivity contribution in [1.29, 1.82) is 0 Å². The molecule has 16 heavy (non-hydrogen) atoms. The largest absolute Gasteiger partial charge is 0.480 e. The molecule has 0 bridgehead atoms. The minimum atomic E-state index is -3.79. The lowest BCUT2D eigenvalue weighted by Gasteiger charge is -2.24. The van der Waals surface area contributed by atoms with Crippen LogP contribution in [0.4, 0.5) is 4.79 Å². The Bertz CT molecular complexity index is 416. The number of hydrogen-bond donors (Lipinski definition) is 2. The fourth-order valence-corrected chi connectivity index (χ4v) is 2.18. The molecular formula is C8H13NO6S. The molecule has 0 spiro atoms. The zero-order chi connectivity index (χ0) is 12.6. The van der Waals surface area contributed by atoms with E-state index in [1.807, 2.05) is 0 Å². The van der Waals surface area contributed by atoms with E-state index in [-0.39, 0.29) is 13.0 Å². The molecule has 0 aromatic carbocycles. The van der Waals surface area contributed by atoms with Crippen LogP contribution in [0.3, 0.4) is 0 Å². The first-order valence-corrected chi connectivity index (χ1v) is 6.43. The fourth-order valence-electron chi connectivity index (χ4n) is 1.38. The van der Waals surface area contributed by atoms with Gasteiger partial charge in [-0.1, -0.05) is 0 Å². The number of carboxylic acids is 1. The monoisotopic (exact) mass is 251 g/mol. The van der Waals surface area contributed by atoms with E-state index in [1.54, 1.807) is 0 Å². The molecule has 7 nitrogen and oxygen atoms in total. The van der Waals surface area contributed by atoms with Crippen LogP contribution < -0.4 is 5.32 Å². The Kier molecular flexibility index (Phi) is 3.13. The number of hydrogen-bond acceptors (Lipinski definition) is 5. The van der Waals surface area contributed by atoms with Gasteiger partial charge in [0.25, 0.3) is 0 Å². The van der Waals surface area contributed by atoms with Crippen molar-refractivity contribution in [2.45, 2.75) is 24.2 Å². The number of carboxylic acid groups (broad SMARTS) is 1. The van der Waals surface area contributed by atoms with Crippen LogP contribution >= 0.6 is 0 Å². The van der Waals surface area contributed by atoms with Crippen LogP contribution in [0.5, 0.6) is 0 Å². The highest BCUT2D eigenvalue weighted by Crippen LogP contribution is 2.25. The Morgan fingerprint density at radius 1 is 1.69 bits per heavy atom. The summed E-state index contributed by atoms with van der Waals surface area (Å²) in [5.41, 5.74) is 0. The molecule has 1 rings (SSSR count). The first-order chi connectivity index (χ1) is 7.17. The van der Waals surface area contributed by atoms with Crippen LogP contribution in [0.15, 0.2) is 0 Å². The third-order valence-electron chi connectivity index (χ3n) is 2.64. The number of rotatable bonds is 4. The summed E-state index contributed by atoms with van der Waals surface area (Å²) in [4.78, 5) is 21.7. The summed E-state index contributed by atoms with van der Waals surface area (Å²) in [6.45, 7) is 1.23. The van der Waals surface area contributed by atoms with Crippen LogP contribution in [0.25, 0.3) is 0 Å². The molecule has 1 aliphatic rings. The van der Waals surface area contributed by atoms with E-state index in [9.17, 15) is 18.0 Å². The predicted molar refractivity (Wildman–Crippen MR) is 53.8 cm³/mol. The number of ether oxygens (including phenoxy) is 1. The molecule has 0 aliphatic carbocycles. The zero-order valence-corrected chi connectivity index (χ0v) is 9.70. The Morgan fingerprint density at radius 2 is 2.25 bits per heavy atom. The summed E-state index contributed by atoms with van der Waals surface area (Å²) in [5.74, 6) is -1.45. The topological polar surface area (TPSA) is 110 Å². The number of carbonyl (C=O) groups is 2.